The van der Waals surface area contributed by atoms with E-state index in [1.54, 1.807) is 0 Å². The zero-order valence-corrected chi connectivity index (χ0v) is 25.4. The average molecular weight is 564 g/mol. The summed E-state index contributed by atoms with van der Waals surface area (Å²) in [7, 11) is 0. The van der Waals surface area contributed by atoms with Crippen LogP contribution in [0.25, 0.3) is 0 Å². The van der Waals surface area contributed by atoms with Gasteiger partial charge < -0.3 is 9.84 Å². The highest BCUT2D eigenvalue weighted by Crippen LogP contribution is 2.77. The fourth-order valence-electron chi connectivity index (χ4n) is 11.8. The zero-order valence-electron chi connectivity index (χ0n) is 23.8. The first-order chi connectivity index (χ1) is 16.8. The lowest BCUT2D eigenvalue weighted by molar-refractivity contribution is -0.249. The first-order valence-corrected chi connectivity index (χ1v) is 15.9. The Balaban J connectivity index is 1.51. The molecule has 0 heterocycles. The molecular weight excluding hydrogens is 512 g/mol. The first-order valence-electron chi connectivity index (χ1n) is 14.8. The fourth-order valence-corrected chi connectivity index (χ4v) is 11.9. The van der Waals surface area contributed by atoms with Crippen LogP contribution in [0, 0.1) is 56.7 Å². The topological polar surface area (TPSA) is 46.5 Å². The third-order valence-corrected chi connectivity index (χ3v) is 14.3. The molecule has 36 heavy (non-hydrogen) atoms. The van der Waals surface area contributed by atoms with Crippen molar-refractivity contribution in [2.45, 2.75) is 112 Å². The number of allylic oxidation sites excluding steroid dienone is 1. The minimum Gasteiger partial charge on any atom is -0.464 e. The smallest absolute Gasteiger partial charge is 0.316 e. The summed E-state index contributed by atoms with van der Waals surface area (Å²) in [6.45, 7) is 19.9. The van der Waals surface area contributed by atoms with E-state index in [0.717, 1.165) is 12.3 Å². The second-order valence-corrected chi connectivity index (χ2v) is 15.8. The fraction of sp³-hybridized carbons (Fsp3) is 0.906. The van der Waals surface area contributed by atoms with Gasteiger partial charge in [0, 0.05) is 5.41 Å². The molecule has 5 aliphatic carbocycles. The van der Waals surface area contributed by atoms with Crippen molar-refractivity contribution in [3.05, 3.63) is 12.2 Å². The van der Waals surface area contributed by atoms with Gasteiger partial charge in [-0.1, -0.05) is 62.7 Å². The molecule has 204 valence electrons. The molecule has 0 aromatic rings. The molecule has 0 bridgehead atoms. The monoisotopic (exact) mass is 562 g/mol. The van der Waals surface area contributed by atoms with Crippen molar-refractivity contribution in [3.8, 4) is 0 Å². The number of carbonyl (C=O) groups is 1. The highest BCUT2D eigenvalue weighted by Gasteiger charge is 2.70. The van der Waals surface area contributed by atoms with E-state index in [1.165, 1.54) is 63.4 Å². The Morgan fingerprint density at radius 3 is 2.31 bits per heavy atom. The van der Waals surface area contributed by atoms with Crippen LogP contribution in [-0.2, 0) is 9.53 Å². The second-order valence-electron chi connectivity index (χ2n) is 15.2. The molecule has 0 spiro atoms. The predicted octanol–water partition coefficient (Wildman–Crippen LogP) is 7.94. The minimum atomic E-state index is -0.167. The Kier molecular flexibility index (Phi) is 6.68. The molecule has 0 saturated heterocycles. The lowest BCUT2D eigenvalue weighted by Gasteiger charge is -2.73. The minimum absolute atomic E-state index is 0.00357. The third-order valence-electron chi connectivity index (χ3n) is 13.8. The summed E-state index contributed by atoms with van der Waals surface area (Å²) in [6.07, 6.45) is 11.9. The van der Waals surface area contributed by atoms with E-state index in [2.05, 4.69) is 64.1 Å². The van der Waals surface area contributed by atoms with Gasteiger partial charge in [0.15, 0.2) is 0 Å². The SMILES string of the molecule is C=C(C)[C@@H]1CC[C@]2(COC(=O)CBr)CC[C@]3(C)[C@H](CC[C@@H]4[C@@]5(C)CC[C@H](O)C(C)(C)[C@@H]5CC[C@]43C)[C@@H]12. The van der Waals surface area contributed by atoms with Gasteiger partial charge in [-0.3, -0.25) is 4.79 Å². The first kappa shape index (κ1) is 27.2. The van der Waals surface area contributed by atoms with E-state index in [9.17, 15) is 9.90 Å². The number of ether oxygens (including phenoxy) is 1. The van der Waals surface area contributed by atoms with Crippen molar-refractivity contribution in [2.75, 3.05) is 11.9 Å². The number of aliphatic hydroxyl groups excluding tert-OH is 1. The number of hydrogen-bond donors (Lipinski definition) is 1. The van der Waals surface area contributed by atoms with Crippen molar-refractivity contribution < 1.29 is 14.6 Å². The lowest BCUT2D eigenvalue weighted by Crippen LogP contribution is -2.66. The van der Waals surface area contributed by atoms with Crippen LogP contribution >= 0.6 is 15.9 Å². The van der Waals surface area contributed by atoms with Crippen LogP contribution in [0.4, 0.5) is 0 Å². The van der Waals surface area contributed by atoms with Gasteiger partial charge in [0.2, 0.25) is 0 Å². The van der Waals surface area contributed by atoms with Crippen LogP contribution < -0.4 is 0 Å². The summed E-state index contributed by atoms with van der Waals surface area (Å²) in [6, 6.07) is 0. The number of aliphatic hydroxyl groups is 1. The summed E-state index contributed by atoms with van der Waals surface area (Å²) in [5.74, 6) is 2.99. The number of hydrogen-bond acceptors (Lipinski definition) is 3. The Morgan fingerprint density at radius 2 is 1.64 bits per heavy atom. The van der Waals surface area contributed by atoms with Crippen molar-refractivity contribution >= 4 is 21.9 Å². The van der Waals surface area contributed by atoms with Crippen molar-refractivity contribution in [1.29, 1.82) is 0 Å². The van der Waals surface area contributed by atoms with Crippen molar-refractivity contribution in [1.82, 2.24) is 0 Å². The van der Waals surface area contributed by atoms with Gasteiger partial charge in [0.25, 0.3) is 0 Å². The van der Waals surface area contributed by atoms with E-state index in [4.69, 9.17) is 4.74 Å². The van der Waals surface area contributed by atoms with Crippen LogP contribution in [-0.4, -0.2) is 29.1 Å². The molecular formula is C32H51BrO3. The maximum atomic E-state index is 12.2. The molecule has 0 radical (unpaired) electrons. The Morgan fingerprint density at radius 1 is 0.917 bits per heavy atom. The maximum Gasteiger partial charge on any atom is 0.316 e. The number of rotatable bonds is 4. The molecule has 0 aliphatic heterocycles. The van der Waals surface area contributed by atoms with Gasteiger partial charge in [-0.2, -0.15) is 0 Å². The molecule has 10 atom stereocenters. The highest BCUT2D eigenvalue weighted by atomic mass is 79.9. The molecule has 4 heteroatoms. The largest absolute Gasteiger partial charge is 0.464 e. The molecule has 5 fully saturated rings. The average Bonchev–Trinajstić information content (AvgIpc) is 3.21. The predicted molar refractivity (Wildman–Crippen MR) is 150 cm³/mol. The molecule has 5 aliphatic rings. The molecule has 5 rings (SSSR count). The van der Waals surface area contributed by atoms with Gasteiger partial charge in [-0.05, 0) is 122 Å². The number of carbonyl (C=O) groups excluding carboxylic acids is 1. The second kappa shape index (κ2) is 8.83. The normalized spacial score (nSPS) is 51.3. The quantitative estimate of drug-likeness (QED) is 0.215. The lowest BCUT2D eigenvalue weighted by atomic mass is 9.32. The van der Waals surface area contributed by atoms with Crippen LogP contribution in [0.3, 0.4) is 0 Å². The molecule has 1 N–H and O–H groups in total. The van der Waals surface area contributed by atoms with Crippen LogP contribution in [0.5, 0.6) is 0 Å². The maximum absolute atomic E-state index is 12.2. The van der Waals surface area contributed by atoms with Gasteiger partial charge in [0.05, 0.1) is 12.7 Å². The summed E-state index contributed by atoms with van der Waals surface area (Å²) in [5.41, 5.74) is 2.39. The standard InChI is InChI=1S/C32H51BrO3/c1-20(2)21-10-15-32(19-36-26(35)18-33)17-16-30(6)22(27(21)32)8-9-24-29(5)13-12-25(34)28(3,4)23(29)11-14-31(24,30)7/h21-25,27,34H,1,8-19H2,2-7H3/t21-,22+,23-,24+,25-,27+,29-,30+,31+,32+/m0/s1. The van der Waals surface area contributed by atoms with E-state index < -0.39 is 0 Å². The van der Waals surface area contributed by atoms with Gasteiger partial charge in [-0.25, -0.2) is 0 Å². The summed E-state index contributed by atoms with van der Waals surface area (Å²) in [4.78, 5) is 12.2. The van der Waals surface area contributed by atoms with E-state index in [-0.39, 0.29) is 28.2 Å². The van der Waals surface area contributed by atoms with Crippen molar-refractivity contribution in [2.24, 2.45) is 56.7 Å². The van der Waals surface area contributed by atoms with Gasteiger partial charge in [0.1, 0.15) is 5.33 Å². The number of fused-ring (bicyclic) bond motifs is 7. The summed E-state index contributed by atoms with van der Waals surface area (Å²) in [5, 5.41) is 11.2. The van der Waals surface area contributed by atoms with Crippen LogP contribution in [0.1, 0.15) is 106 Å². The van der Waals surface area contributed by atoms with Crippen molar-refractivity contribution in [3.63, 3.8) is 0 Å². The van der Waals surface area contributed by atoms with E-state index in [0.29, 0.717) is 46.5 Å². The molecule has 0 aromatic heterocycles. The third kappa shape index (κ3) is 3.54. The molecule has 3 nitrogen and oxygen atoms in total. The molecule has 5 saturated carbocycles. The highest BCUT2D eigenvalue weighted by molar-refractivity contribution is 9.09. The summed E-state index contributed by atoms with van der Waals surface area (Å²) >= 11 is 3.29. The van der Waals surface area contributed by atoms with E-state index in [1.807, 2.05) is 0 Å². The van der Waals surface area contributed by atoms with Gasteiger partial charge >= 0.3 is 5.97 Å². The zero-order chi connectivity index (χ0) is 26.3. The summed E-state index contributed by atoms with van der Waals surface area (Å²) < 4.78 is 5.89. The number of halogens is 1. The Labute approximate surface area is 228 Å². The Bertz CT molecular complexity index is 913. The van der Waals surface area contributed by atoms with Gasteiger partial charge in [-0.15, -0.1) is 0 Å². The van der Waals surface area contributed by atoms with Crippen LogP contribution in [0.2, 0.25) is 0 Å². The number of esters is 1. The number of alkyl halides is 1. The van der Waals surface area contributed by atoms with E-state index >= 15 is 0 Å². The van der Waals surface area contributed by atoms with Crippen LogP contribution in [0.15, 0.2) is 12.2 Å². The molecule has 0 unspecified atom stereocenters. The molecule has 0 amide bonds. The molecule has 0 aromatic carbocycles. The Hall–Kier alpha value is -0.350.